The molecule has 2 N–H and O–H groups in total. The van der Waals surface area contributed by atoms with E-state index < -0.39 is 28.4 Å². The van der Waals surface area contributed by atoms with Crippen molar-refractivity contribution in [1.82, 2.24) is 10.2 Å². The number of aliphatic hydroxyl groups excluding tert-OH is 1. The van der Waals surface area contributed by atoms with Crippen LogP contribution in [0, 0.1) is 10.5 Å². The highest BCUT2D eigenvalue weighted by atomic mass is 127. The number of thioether (sulfide) groups is 1. The number of carbonyl (C=O) groups is 2. The standard InChI is InChI=1S/C34H30F3IN2O3S/c1-22-11-14-26(15-12-22)44-33(32(43)39-19-23-7-3-2-4-8-23)18-30(42)40(20-25-9-5-6-10-28(25)34(35,36)37)31(33)27-16-13-24(21-41)17-29(27)38/h2-17,31,41H,18-21H2,1H3,(H,39,43)/t31-,33-/m1/s1. The van der Waals surface area contributed by atoms with Gasteiger partial charge < -0.3 is 15.3 Å². The Kier molecular flexibility index (Phi) is 9.71. The predicted molar refractivity (Wildman–Crippen MR) is 172 cm³/mol. The van der Waals surface area contributed by atoms with Crippen molar-refractivity contribution in [2.24, 2.45) is 0 Å². The zero-order valence-corrected chi connectivity index (χ0v) is 26.7. The predicted octanol–water partition coefficient (Wildman–Crippen LogP) is 7.43. The molecular formula is C34H30F3IN2O3S. The molecule has 0 unspecified atom stereocenters. The van der Waals surface area contributed by atoms with Gasteiger partial charge in [-0.1, -0.05) is 78.4 Å². The van der Waals surface area contributed by atoms with Crippen LogP contribution in [0.15, 0.2) is 102 Å². The highest BCUT2D eigenvalue weighted by Crippen LogP contribution is 2.54. The average Bonchev–Trinajstić information content (AvgIpc) is 3.28. The van der Waals surface area contributed by atoms with E-state index in [9.17, 15) is 27.9 Å². The van der Waals surface area contributed by atoms with E-state index in [2.05, 4.69) is 27.9 Å². The first-order valence-electron chi connectivity index (χ1n) is 13.9. The smallest absolute Gasteiger partial charge is 0.392 e. The summed E-state index contributed by atoms with van der Waals surface area (Å²) in [6, 6.07) is 26.5. The fourth-order valence-corrected chi connectivity index (χ4v) is 7.81. The molecule has 4 aromatic rings. The van der Waals surface area contributed by atoms with E-state index in [-0.39, 0.29) is 37.6 Å². The van der Waals surface area contributed by atoms with Gasteiger partial charge >= 0.3 is 6.18 Å². The van der Waals surface area contributed by atoms with Gasteiger partial charge in [-0.05, 0) is 76.0 Å². The van der Waals surface area contributed by atoms with Crippen LogP contribution in [-0.4, -0.2) is 26.6 Å². The fraction of sp³-hybridized carbons (Fsp3) is 0.235. The maximum atomic E-state index is 14.5. The largest absolute Gasteiger partial charge is 0.416 e. The van der Waals surface area contributed by atoms with Gasteiger partial charge in [0.05, 0.1) is 24.6 Å². The van der Waals surface area contributed by atoms with Crippen molar-refractivity contribution in [3.63, 3.8) is 0 Å². The van der Waals surface area contributed by atoms with E-state index in [1.54, 1.807) is 18.2 Å². The van der Waals surface area contributed by atoms with Gasteiger partial charge in [0.25, 0.3) is 0 Å². The van der Waals surface area contributed by atoms with Crippen molar-refractivity contribution in [1.29, 1.82) is 0 Å². The van der Waals surface area contributed by atoms with Crippen LogP contribution < -0.4 is 5.32 Å². The van der Waals surface area contributed by atoms with E-state index in [1.165, 1.54) is 34.9 Å². The third-order valence-electron chi connectivity index (χ3n) is 7.69. The first kappa shape index (κ1) is 32.1. The molecule has 10 heteroatoms. The molecule has 0 bridgehead atoms. The van der Waals surface area contributed by atoms with Crippen LogP contribution in [-0.2, 0) is 35.5 Å². The molecule has 5 rings (SSSR count). The van der Waals surface area contributed by atoms with Gasteiger partial charge in [-0.2, -0.15) is 13.2 Å². The highest BCUT2D eigenvalue weighted by Gasteiger charge is 2.58. The van der Waals surface area contributed by atoms with Gasteiger partial charge in [0.2, 0.25) is 11.8 Å². The van der Waals surface area contributed by atoms with Crippen LogP contribution >= 0.6 is 34.4 Å². The lowest BCUT2D eigenvalue weighted by atomic mass is 9.90. The Morgan fingerprint density at radius 2 is 1.68 bits per heavy atom. The number of benzene rings is 4. The number of rotatable bonds is 9. The molecule has 1 fully saturated rings. The molecule has 4 aromatic carbocycles. The average molecular weight is 731 g/mol. The lowest BCUT2D eigenvalue weighted by molar-refractivity contribution is -0.139. The molecule has 0 saturated carbocycles. The number of aliphatic hydroxyl groups is 1. The summed E-state index contributed by atoms with van der Waals surface area (Å²) in [7, 11) is 0. The summed E-state index contributed by atoms with van der Waals surface area (Å²) in [6.07, 6.45) is -4.84. The van der Waals surface area contributed by atoms with Crippen molar-refractivity contribution in [2.75, 3.05) is 0 Å². The van der Waals surface area contributed by atoms with E-state index >= 15 is 0 Å². The molecule has 1 aliphatic rings. The number of alkyl halides is 3. The maximum Gasteiger partial charge on any atom is 0.416 e. The second kappa shape index (κ2) is 13.3. The third kappa shape index (κ3) is 6.82. The first-order valence-corrected chi connectivity index (χ1v) is 15.8. The van der Waals surface area contributed by atoms with Crippen molar-refractivity contribution in [3.8, 4) is 0 Å². The SMILES string of the molecule is Cc1ccc(S[C@]2(C(=O)NCc3ccccc3)CC(=O)N(Cc3ccccc3C(F)(F)F)[C@@H]2c2ccc(CO)cc2I)cc1. The minimum absolute atomic E-state index is 0.0545. The summed E-state index contributed by atoms with van der Waals surface area (Å²) in [4.78, 5) is 30.6. The fourth-order valence-electron chi connectivity index (χ4n) is 5.51. The second-order valence-electron chi connectivity index (χ2n) is 10.7. The maximum absolute atomic E-state index is 14.5. The van der Waals surface area contributed by atoms with Crippen LogP contribution in [0.1, 0.15) is 45.8 Å². The van der Waals surface area contributed by atoms with Crippen molar-refractivity contribution >= 4 is 46.2 Å². The van der Waals surface area contributed by atoms with E-state index in [1.807, 2.05) is 61.5 Å². The number of nitrogens with zero attached hydrogens (tertiary/aromatic N) is 1. The molecule has 228 valence electrons. The highest BCUT2D eigenvalue weighted by molar-refractivity contribution is 14.1. The Morgan fingerprint density at radius 1 is 1.00 bits per heavy atom. The number of hydrogen-bond donors (Lipinski definition) is 2. The molecule has 44 heavy (non-hydrogen) atoms. The lowest BCUT2D eigenvalue weighted by Crippen LogP contribution is -2.48. The molecule has 1 heterocycles. The monoisotopic (exact) mass is 730 g/mol. The number of carbonyl (C=O) groups excluding carboxylic acids is 2. The summed E-state index contributed by atoms with van der Waals surface area (Å²) in [5.74, 6) is -0.817. The van der Waals surface area contributed by atoms with Crippen LogP contribution in [0.2, 0.25) is 0 Å². The quantitative estimate of drug-likeness (QED) is 0.176. The minimum Gasteiger partial charge on any atom is -0.392 e. The van der Waals surface area contributed by atoms with Crippen LogP contribution in [0.5, 0.6) is 0 Å². The Morgan fingerprint density at radius 3 is 2.34 bits per heavy atom. The number of amides is 2. The molecule has 0 spiro atoms. The summed E-state index contributed by atoms with van der Waals surface area (Å²) >= 11 is 3.35. The van der Waals surface area contributed by atoms with Gasteiger partial charge in [0, 0.05) is 21.6 Å². The molecule has 0 radical (unpaired) electrons. The first-order chi connectivity index (χ1) is 21.0. The van der Waals surface area contributed by atoms with Gasteiger partial charge in [-0.15, -0.1) is 11.8 Å². The van der Waals surface area contributed by atoms with Gasteiger partial charge in [-0.25, -0.2) is 0 Å². The van der Waals surface area contributed by atoms with Crippen molar-refractivity contribution in [3.05, 3.63) is 134 Å². The molecule has 0 aromatic heterocycles. The Balaban J connectivity index is 1.66. The molecule has 2 atom stereocenters. The summed E-state index contributed by atoms with van der Waals surface area (Å²) in [5.41, 5.74) is 2.27. The van der Waals surface area contributed by atoms with Crippen LogP contribution in [0.3, 0.4) is 0 Å². The minimum atomic E-state index is -4.62. The lowest BCUT2D eigenvalue weighted by Gasteiger charge is -2.37. The summed E-state index contributed by atoms with van der Waals surface area (Å²) in [6.45, 7) is 1.63. The number of likely N-dealkylation sites (tertiary alicyclic amines) is 1. The van der Waals surface area contributed by atoms with Gasteiger partial charge in [0.1, 0.15) is 4.75 Å². The Bertz CT molecular complexity index is 1650. The van der Waals surface area contributed by atoms with E-state index in [4.69, 9.17) is 0 Å². The van der Waals surface area contributed by atoms with Gasteiger partial charge in [0.15, 0.2) is 0 Å². The summed E-state index contributed by atoms with van der Waals surface area (Å²) < 4.78 is 41.4. The van der Waals surface area contributed by atoms with Crippen LogP contribution in [0.4, 0.5) is 13.2 Å². The zero-order chi connectivity index (χ0) is 31.5. The normalized spacial score (nSPS) is 18.5. The van der Waals surface area contributed by atoms with Crippen LogP contribution in [0.25, 0.3) is 0 Å². The number of halogens is 4. The van der Waals surface area contributed by atoms with E-state index in [0.29, 0.717) is 14.7 Å². The molecule has 1 aliphatic heterocycles. The molecule has 2 amide bonds. The van der Waals surface area contributed by atoms with E-state index in [0.717, 1.165) is 22.1 Å². The topological polar surface area (TPSA) is 69.6 Å². The van der Waals surface area contributed by atoms with Crippen molar-refractivity contribution < 1.29 is 27.9 Å². The molecule has 5 nitrogen and oxygen atoms in total. The molecular weight excluding hydrogens is 700 g/mol. The zero-order valence-electron chi connectivity index (χ0n) is 23.8. The molecule has 1 saturated heterocycles. The number of hydrogen-bond acceptors (Lipinski definition) is 4. The molecule has 0 aliphatic carbocycles. The van der Waals surface area contributed by atoms with Crippen molar-refractivity contribution in [2.45, 2.75) is 54.9 Å². The second-order valence-corrected chi connectivity index (χ2v) is 13.3. The van der Waals surface area contributed by atoms with Gasteiger partial charge in [-0.3, -0.25) is 9.59 Å². The Hall–Kier alpha value is -3.35. The third-order valence-corrected chi connectivity index (χ3v) is 10.1. The summed E-state index contributed by atoms with van der Waals surface area (Å²) in [5, 5.41) is 12.8. The number of aryl methyl sites for hydroxylation is 1. The number of nitrogens with one attached hydrogen (secondary N) is 1. The Labute approximate surface area is 272 Å².